The van der Waals surface area contributed by atoms with Crippen LogP contribution in [-0.2, 0) is 0 Å². The van der Waals surface area contributed by atoms with E-state index in [1.807, 2.05) is 0 Å². The first-order valence-electron chi connectivity index (χ1n) is 7.42. The highest BCUT2D eigenvalue weighted by Crippen LogP contribution is 2.07. The molecule has 0 radical (unpaired) electrons. The maximum atomic E-state index is 3.27. The number of unbranched alkanes of at least 4 members (excludes halogenated alkanes) is 6. The lowest BCUT2D eigenvalue weighted by molar-refractivity contribution is 0.611. The van der Waals surface area contributed by atoms with Gasteiger partial charge in [0.05, 0.1) is 0 Å². The summed E-state index contributed by atoms with van der Waals surface area (Å²) >= 11 is 0. The van der Waals surface area contributed by atoms with Gasteiger partial charge in [-0.25, -0.2) is 0 Å². The van der Waals surface area contributed by atoms with Gasteiger partial charge in [-0.3, -0.25) is 0 Å². The minimum Gasteiger partial charge on any atom is -0.314 e. The molecule has 0 atom stereocenters. The molecule has 0 aliphatic rings. The molecule has 0 bridgehead atoms. The first kappa shape index (κ1) is 16.4. The van der Waals surface area contributed by atoms with E-state index in [-0.39, 0.29) is 0 Å². The van der Waals surface area contributed by atoms with Crippen LogP contribution in [0.3, 0.4) is 0 Å². The zero-order chi connectivity index (χ0) is 12.6. The highest BCUT2D eigenvalue weighted by atomic mass is 14.8. The number of allylic oxidation sites excluding steroid dienone is 3. The molecule has 0 heterocycles. The first-order chi connectivity index (χ1) is 8.41. The molecule has 100 valence electrons. The maximum absolute atomic E-state index is 3.27. The molecule has 17 heavy (non-hydrogen) atoms. The number of likely N-dealkylation sites (N-methyl/N-ethyl adjacent to an activating group) is 1. The van der Waals surface area contributed by atoms with Crippen LogP contribution in [0.25, 0.3) is 0 Å². The van der Waals surface area contributed by atoms with Gasteiger partial charge in [-0.15, -0.1) is 0 Å². The predicted molar refractivity (Wildman–Crippen MR) is 79.4 cm³/mol. The van der Waals surface area contributed by atoms with E-state index in [2.05, 4.69) is 43.5 Å². The van der Waals surface area contributed by atoms with E-state index < -0.39 is 0 Å². The molecule has 0 saturated carbocycles. The highest BCUT2D eigenvalue weighted by Gasteiger charge is 1.87. The summed E-state index contributed by atoms with van der Waals surface area (Å²) in [5, 5.41) is 3.27. The van der Waals surface area contributed by atoms with E-state index in [9.17, 15) is 0 Å². The summed E-state index contributed by atoms with van der Waals surface area (Å²) in [6.07, 6.45) is 19.8. The fraction of sp³-hybridized carbons (Fsp3) is 0.750. The molecule has 0 spiro atoms. The summed E-state index contributed by atoms with van der Waals surface area (Å²) < 4.78 is 0. The predicted octanol–water partition coefficient (Wildman–Crippen LogP) is 4.85. The second-order valence-corrected chi connectivity index (χ2v) is 4.54. The van der Waals surface area contributed by atoms with Crippen molar-refractivity contribution in [2.75, 3.05) is 13.1 Å². The smallest absolute Gasteiger partial charge is 0.0134 e. The van der Waals surface area contributed by atoms with Crippen LogP contribution in [0.5, 0.6) is 0 Å². The van der Waals surface area contributed by atoms with Gasteiger partial charge in [0.15, 0.2) is 0 Å². The molecule has 1 heteroatoms. The Bertz CT molecular complexity index is 182. The Morgan fingerprint density at radius 1 is 0.765 bits per heavy atom. The van der Waals surface area contributed by atoms with Crippen LogP contribution in [-0.4, -0.2) is 13.1 Å². The molecule has 0 rings (SSSR count). The Balaban J connectivity index is 3.11. The zero-order valence-electron chi connectivity index (χ0n) is 11.9. The average molecular weight is 237 g/mol. The summed E-state index contributed by atoms with van der Waals surface area (Å²) in [7, 11) is 0. The largest absolute Gasteiger partial charge is 0.314 e. The summed E-state index contributed by atoms with van der Waals surface area (Å²) in [5.41, 5.74) is 0. The average Bonchev–Trinajstić information content (AvgIpc) is 2.35. The lowest BCUT2D eigenvalue weighted by Gasteiger charge is -1.97. The van der Waals surface area contributed by atoms with Crippen molar-refractivity contribution >= 4 is 0 Å². The lowest BCUT2D eigenvalue weighted by Crippen LogP contribution is -2.11. The molecule has 0 aliphatic carbocycles. The first-order valence-corrected chi connectivity index (χ1v) is 7.42. The van der Waals surface area contributed by atoms with Crippen molar-refractivity contribution < 1.29 is 0 Å². The van der Waals surface area contributed by atoms with E-state index in [1.165, 1.54) is 44.9 Å². The summed E-state index contributed by atoms with van der Waals surface area (Å²) in [5.74, 6) is 0. The van der Waals surface area contributed by atoms with E-state index in [1.54, 1.807) is 0 Å². The number of hydrogen-bond donors (Lipinski definition) is 1. The summed E-state index contributed by atoms with van der Waals surface area (Å²) in [6, 6.07) is 0. The third-order valence-electron chi connectivity index (χ3n) is 2.84. The molecule has 1 nitrogen and oxygen atoms in total. The van der Waals surface area contributed by atoms with Gasteiger partial charge in [-0.1, -0.05) is 70.3 Å². The van der Waals surface area contributed by atoms with Gasteiger partial charge in [0.2, 0.25) is 0 Å². The molecule has 0 aromatic rings. The Morgan fingerprint density at radius 3 is 2.24 bits per heavy atom. The minimum absolute atomic E-state index is 1.00. The van der Waals surface area contributed by atoms with Gasteiger partial charge < -0.3 is 5.32 Å². The van der Waals surface area contributed by atoms with Crippen LogP contribution in [0.2, 0.25) is 0 Å². The number of rotatable bonds is 12. The standard InChI is InChI=1S/C16H31N/c1-3-5-6-7-8-9-10-11-12-13-14-15-16-17-4-2/h11-12,14-15,17H,3-10,13,16H2,1-2H3/b12-11-,15-14-. The molecule has 0 fully saturated rings. The molecule has 0 aromatic heterocycles. The van der Waals surface area contributed by atoms with Crippen LogP contribution in [0, 0.1) is 0 Å². The fourth-order valence-electron chi connectivity index (χ4n) is 1.74. The lowest BCUT2D eigenvalue weighted by atomic mass is 10.1. The molecular formula is C16H31N. The third kappa shape index (κ3) is 15.4. The second kappa shape index (κ2) is 15.4. The number of nitrogens with one attached hydrogen (secondary N) is 1. The summed E-state index contributed by atoms with van der Waals surface area (Å²) in [6.45, 7) is 6.46. The van der Waals surface area contributed by atoms with Crippen molar-refractivity contribution in [2.24, 2.45) is 0 Å². The Kier molecular flexibility index (Phi) is 14.9. The van der Waals surface area contributed by atoms with Crippen LogP contribution in [0.15, 0.2) is 24.3 Å². The van der Waals surface area contributed by atoms with Crippen LogP contribution >= 0.6 is 0 Å². The molecular weight excluding hydrogens is 206 g/mol. The molecule has 0 unspecified atom stereocenters. The van der Waals surface area contributed by atoms with Crippen LogP contribution < -0.4 is 5.32 Å². The SMILES string of the molecule is CCCCCCCC/C=C\C/C=C\CNCC. The van der Waals surface area contributed by atoms with Crippen LogP contribution in [0.1, 0.15) is 65.2 Å². The van der Waals surface area contributed by atoms with Gasteiger partial charge in [-0.05, 0) is 25.8 Å². The van der Waals surface area contributed by atoms with Crippen LogP contribution in [0.4, 0.5) is 0 Å². The summed E-state index contributed by atoms with van der Waals surface area (Å²) in [4.78, 5) is 0. The van der Waals surface area contributed by atoms with Crippen molar-refractivity contribution in [2.45, 2.75) is 65.2 Å². The zero-order valence-corrected chi connectivity index (χ0v) is 11.9. The Hall–Kier alpha value is -0.560. The molecule has 0 aromatic carbocycles. The maximum Gasteiger partial charge on any atom is 0.0134 e. The quantitative estimate of drug-likeness (QED) is 0.378. The molecule has 0 aliphatic heterocycles. The van der Waals surface area contributed by atoms with Gasteiger partial charge >= 0.3 is 0 Å². The van der Waals surface area contributed by atoms with Gasteiger partial charge in [0.25, 0.3) is 0 Å². The second-order valence-electron chi connectivity index (χ2n) is 4.54. The van der Waals surface area contributed by atoms with E-state index in [4.69, 9.17) is 0 Å². The molecule has 1 N–H and O–H groups in total. The Morgan fingerprint density at radius 2 is 1.47 bits per heavy atom. The van der Waals surface area contributed by atoms with E-state index in [0.29, 0.717) is 0 Å². The Labute approximate surface area is 108 Å². The van der Waals surface area contributed by atoms with Crippen molar-refractivity contribution in [1.82, 2.24) is 5.32 Å². The monoisotopic (exact) mass is 237 g/mol. The van der Waals surface area contributed by atoms with Gasteiger partial charge in [0, 0.05) is 6.54 Å². The normalized spacial score (nSPS) is 11.9. The topological polar surface area (TPSA) is 12.0 Å². The van der Waals surface area contributed by atoms with Crippen molar-refractivity contribution in [3.63, 3.8) is 0 Å². The van der Waals surface area contributed by atoms with Gasteiger partial charge in [0.1, 0.15) is 0 Å². The molecule has 0 saturated heterocycles. The van der Waals surface area contributed by atoms with Crippen molar-refractivity contribution in [1.29, 1.82) is 0 Å². The van der Waals surface area contributed by atoms with Crippen molar-refractivity contribution in [3.05, 3.63) is 24.3 Å². The van der Waals surface area contributed by atoms with E-state index in [0.717, 1.165) is 19.5 Å². The van der Waals surface area contributed by atoms with E-state index >= 15 is 0 Å². The third-order valence-corrected chi connectivity index (χ3v) is 2.84. The van der Waals surface area contributed by atoms with Crippen molar-refractivity contribution in [3.8, 4) is 0 Å². The molecule has 0 amide bonds. The van der Waals surface area contributed by atoms with Gasteiger partial charge in [-0.2, -0.15) is 0 Å². The fourth-order valence-corrected chi connectivity index (χ4v) is 1.74. The number of hydrogen-bond acceptors (Lipinski definition) is 1. The minimum atomic E-state index is 1.00. The highest BCUT2D eigenvalue weighted by molar-refractivity contribution is 4.93.